The highest BCUT2D eigenvalue weighted by molar-refractivity contribution is 5.92. The molecular formula is C19H23N3O5. The molecule has 0 spiro atoms. The summed E-state index contributed by atoms with van der Waals surface area (Å²) in [5.74, 6) is 1.51. The molecule has 2 aromatic rings. The van der Waals surface area contributed by atoms with Crippen molar-refractivity contribution in [3.63, 3.8) is 0 Å². The lowest BCUT2D eigenvalue weighted by molar-refractivity contribution is -0.129. The van der Waals surface area contributed by atoms with E-state index in [4.69, 9.17) is 13.9 Å². The Balaban J connectivity index is 1.55. The van der Waals surface area contributed by atoms with E-state index in [1.54, 1.807) is 48.2 Å². The van der Waals surface area contributed by atoms with Crippen molar-refractivity contribution in [1.82, 2.24) is 14.8 Å². The van der Waals surface area contributed by atoms with Crippen molar-refractivity contribution in [2.75, 3.05) is 27.2 Å². The van der Waals surface area contributed by atoms with Gasteiger partial charge in [-0.05, 0) is 30.7 Å². The van der Waals surface area contributed by atoms with E-state index in [2.05, 4.69) is 4.98 Å². The molecule has 0 radical (unpaired) electrons. The summed E-state index contributed by atoms with van der Waals surface area (Å²) >= 11 is 0. The summed E-state index contributed by atoms with van der Waals surface area (Å²) in [6.07, 6.45) is 2.10. The van der Waals surface area contributed by atoms with E-state index in [1.165, 1.54) is 13.2 Å². The van der Waals surface area contributed by atoms with Crippen LogP contribution >= 0.6 is 0 Å². The zero-order chi connectivity index (χ0) is 19.4. The van der Waals surface area contributed by atoms with Crippen molar-refractivity contribution in [2.24, 2.45) is 0 Å². The predicted octanol–water partition coefficient (Wildman–Crippen LogP) is 1.95. The predicted molar refractivity (Wildman–Crippen MR) is 96.6 cm³/mol. The SMILES string of the molecule is COc1ccc(OCc2nc(C(=O)N3CC[C@H](N(C)C(C)=O)C3)co2)cc1. The van der Waals surface area contributed by atoms with Crippen molar-refractivity contribution in [2.45, 2.75) is 26.0 Å². The number of nitrogens with zero attached hydrogens (tertiary/aromatic N) is 3. The molecular weight excluding hydrogens is 350 g/mol. The third-order valence-electron chi connectivity index (χ3n) is 4.69. The fourth-order valence-electron chi connectivity index (χ4n) is 2.95. The molecule has 0 unspecified atom stereocenters. The second-order valence-corrected chi connectivity index (χ2v) is 6.41. The number of carbonyl (C=O) groups is 2. The van der Waals surface area contributed by atoms with Crippen LogP contribution in [0.4, 0.5) is 0 Å². The van der Waals surface area contributed by atoms with Gasteiger partial charge in [-0.1, -0.05) is 0 Å². The van der Waals surface area contributed by atoms with Crippen LogP contribution in [0.15, 0.2) is 34.9 Å². The van der Waals surface area contributed by atoms with Gasteiger partial charge in [-0.3, -0.25) is 9.59 Å². The zero-order valence-electron chi connectivity index (χ0n) is 15.7. The third-order valence-corrected chi connectivity index (χ3v) is 4.69. The average Bonchev–Trinajstić information content (AvgIpc) is 3.35. The summed E-state index contributed by atoms with van der Waals surface area (Å²) in [7, 11) is 3.35. The summed E-state index contributed by atoms with van der Waals surface area (Å²) < 4.78 is 16.1. The molecule has 27 heavy (non-hydrogen) atoms. The topological polar surface area (TPSA) is 85.1 Å². The lowest BCUT2D eigenvalue weighted by Crippen LogP contribution is -2.39. The Hall–Kier alpha value is -3.03. The average molecular weight is 373 g/mol. The Bertz CT molecular complexity index is 802. The molecule has 0 N–H and O–H groups in total. The lowest BCUT2D eigenvalue weighted by atomic mass is 10.2. The monoisotopic (exact) mass is 373 g/mol. The van der Waals surface area contributed by atoms with E-state index in [-0.39, 0.29) is 30.2 Å². The summed E-state index contributed by atoms with van der Waals surface area (Å²) in [6, 6.07) is 7.19. The number of carbonyl (C=O) groups excluding carboxylic acids is 2. The van der Waals surface area contributed by atoms with E-state index in [0.717, 1.165) is 12.2 Å². The first-order valence-corrected chi connectivity index (χ1v) is 8.72. The molecule has 0 saturated carbocycles. The normalized spacial score (nSPS) is 16.3. The van der Waals surface area contributed by atoms with Gasteiger partial charge in [0.1, 0.15) is 17.8 Å². The van der Waals surface area contributed by atoms with Crippen molar-refractivity contribution in [3.8, 4) is 11.5 Å². The van der Waals surface area contributed by atoms with E-state index in [9.17, 15) is 9.59 Å². The van der Waals surface area contributed by atoms with Crippen LogP contribution in [-0.4, -0.2) is 59.9 Å². The third kappa shape index (κ3) is 4.39. The molecule has 8 heteroatoms. The van der Waals surface area contributed by atoms with Gasteiger partial charge >= 0.3 is 0 Å². The van der Waals surface area contributed by atoms with Crippen molar-refractivity contribution in [1.29, 1.82) is 0 Å². The first kappa shape index (κ1) is 18.8. The van der Waals surface area contributed by atoms with Crippen LogP contribution in [-0.2, 0) is 11.4 Å². The van der Waals surface area contributed by atoms with Gasteiger partial charge in [0.15, 0.2) is 12.3 Å². The van der Waals surface area contributed by atoms with E-state index < -0.39 is 0 Å². The number of benzene rings is 1. The summed E-state index contributed by atoms with van der Waals surface area (Å²) in [5.41, 5.74) is 0.245. The Morgan fingerprint density at radius 1 is 1.30 bits per heavy atom. The minimum atomic E-state index is -0.200. The molecule has 1 atom stereocenters. The molecule has 1 aromatic heterocycles. The molecule has 0 bridgehead atoms. The fraction of sp³-hybridized carbons (Fsp3) is 0.421. The van der Waals surface area contributed by atoms with Crippen LogP contribution in [0.5, 0.6) is 11.5 Å². The fourth-order valence-corrected chi connectivity index (χ4v) is 2.95. The summed E-state index contributed by atoms with van der Waals surface area (Å²) in [4.78, 5) is 31.6. The smallest absolute Gasteiger partial charge is 0.275 e. The summed E-state index contributed by atoms with van der Waals surface area (Å²) in [6.45, 7) is 2.73. The van der Waals surface area contributed by atoms with Crippen LogP contribution in [0.25, 0.3) is 0 Å². The Morgan fingerprint density at radius 3 is 2.67 bits per heavy atom. The number of amides is 2. The molecule has 2 heterocycles. The molecule has 1 fully saturated rings. The Labute approximate surface area is 157 Å². The van der Waals surface area contributed by atoms with E-state index in [1.807, 2.05) is 0 Å². The highest BCUT2D eigenvalue weighted by Gasteiger charge is 2.31. The largest absolute Gasteiger partial charge is 0.497 e. The van der Waals surface area contributed by atoms with Gasteiger partial charge in [0.2, 0.25) is 11.8 Å². The number of likely N-dealkylation sites (N-methyl/N-ethyl adjacent to an activating group) is 1. The minimum Gasteiger partial charge on any atom is -0.497 e. The first-order chi connectivity index (χ1) is 13.0. The first-order valence-electron chi connectivity index (χ1n) is 8.72. The maximum absolute atomic E-state index is 12.6. The molecule has 1 aliphatic heterocycles. The maximum atomic E-state index is 12.6. The van der Waals surface area contributed by atoms with Gasteiger partial charge in [-0.2, -0.15) is 0 Å². The van der Waals surface area contributed by atoms with E-state index in [0.29, 0.717) is 24.7 Å². The lowest BCUT2D eigenvalue weighted by Gasteiger charge is -2.23. The highest BCUT2D eigenvalue weighted by atomic mass is 16.5. The number of ether oxygens (including phenoxy) is 2. The van der Waals surface area contributed by atoms with Gasteiger partial charge in [-0.15, -0.1) is 0 Å². The number of likely N-dealkylation sites (tertiary alicyclic amines) is 1. The van der Waals surface area contributed by atoms with Crippen molar-refractivity contribution >= 4 is 11.8 Å². The van der Waals surface area contributed by atoms with Gasteiger partial charge in [0.25, 0.3) is 5.91 Å². The number of hydrogen-bond acceptors (Lipinski definition) is 6. The van der Waals surface area contributed by atoms with Crippen LogP contribution in [0.3, 0.4) is 0 Å². The molecule has 1 aliphatic rings. The standard InChI is InChI=1S/C19H23N3O5/c1-13(23)21(2)14-8-9-22(10-14)19(24)17-11-27-18(20-17)12-26-16-6-4-15(25-3)5-7-16/h4-7,11,14H,8-10,12H2,1-3H3/t14-/m0/s1. The molecule has 3 rings (SSSR count). The van der Waals surface area contributed by atoms with Crippen LogP contribution in [0, 0.1) is 0 Å². The van der Waals surface area contributed by atoms with E-state index >= 15 is 0 Å². The van der Waals surface area contributed by atoms with Gasteiger partial charge < -0.3 is 23.7 Å². The van der Waals surface area contributed by atoms with Gasteiger partial charge in [-0.25, -0.2) is 4.98 Å². The second-order valence-electron chi connectivity index (χ2n) is 6.41. The molecule has 1 saturated heterocycles. The Morgan fingerprint density at radius 2 is 2.00 bits per heavy atom. The number of oxazole rings is 1. The molecule has 1 aromatic carbocycles. The van der Waals surface area contributed by atoms with Crippen molar-refractivity contribution < 1.29 is 23.5 Å². The zero-order valence-corrected chi connectivity index (χ0v) is 15.7. The Kier molecular flexibility index (Phi) is 5.63. The maximum Gasteiger partial charge on any atom is 0.275 e. The minimum absolute atomic E-state index is 0.00583. The number of methoxy groups -OCH3 is 1. The molecule has 2 amide bonds. The van der Waals surface area contributed by atoms with Crippen LogP contribution in [0.1, 0.15) is 29.7 Å². The molecule has 144 valence electrons. The quantitative estimate of drug-likeness (QED) is 0.769. The number of hydrogen-bond donors (Lipinski definition) is 0. The van der Waals surface area contributed by atoms with Gasteiger partial charge in [0, 0.05) is 27.1 Å². The number of aromatic nitrogens is 1. The van der Waals surface area contributed by atoms with Crippen LogP contribution < -0.4 is 9.47 Å². The van der Waals surface area contributed by atoms with Gasteiger partial charge in [0.05, 0.1) is 13.2 Å². The summed E-state index contributed by atoms with van der Waals surface area (Å²) in [5, 5.41) is 0. The highest BCUT2D eigenvalue weighted by Crippen LogP contribution is 2.20. The van der Waals surface area contributed by atoms with Crippen molar-refractivity contribution in [3.05, 3.63) is 42.1 Å². The molecule has 0 aliphatic carbocycles. The number of rotatable bonds is 6. The van der Waals surface area contributed by atoms with Crippen LogP contribution in [0.2, 0.25) is 0 Å². The second kappa shape index (κ2) is 8.11. The molecule has 8 nitrogen and oxygen atoms in total.